The first-order valence-corrected chi connectivity index (χ1v) is 13.3. The molecule has 0 aromatic heterocycles. The molecule has 37 heavy (non-hydrogen) atoms. The molecule has 3 heterocycles. The Morgan fingerprint density at radius 3 is 2.73 bits per heavy atom. The summed E-state index contributed by atoms with van der Waals surface area (Å²) in [7, 11) is 0. The first-order valence-electron chi connectivity index (χ1n) is 12.9. The van der Waals surface area contributed by atoms with Gasteiger partial charge in [-0.25, -0.2) is 0 Å². The lowest BCUT2D eigenvalue weighted by molar-refractivity contribution is -0.155. The zero-order chi connectivity index (χ0) is 26.6. The highest BCUT2D eigenvalue weighted by Crippen LogP contribution is 2.59. The number of carbonyl (C=O) groups is 3. The number of esters is 1. The van der Waals surface area contributed by atoms with E-state index in [0.717, 1.165) is 6.42 Å². The van der Waals surface area contributed by atoms with Crippen molar-refractivity contribution in [3.63, 3.8) is 0 Å². The minimum Gasteiger partial charge on any atom is -0.465 e. The molecular weight excluding hydrogens is 496 g/mol. The van der Waals surface area contributed by atoms with Crippen LogP contribution >= 0.6 is 11.6 Å². The number of aliphatic hydroxyl groups excluding tert-OH is 1. The van der Waals surface area contributed by atoms with Crippen molar-refractivity contribution in [2.24, 2.45) is 11.8 Å². The van der Waals surface area contributed by atoms with Crippen LogP contribution in [0.5, 0.6) is 0 Å². The molecule has 1 N–H and O–H groups in total. The Kier molecular flexibility index (Phi) is 8.72. The molecule has 1 spiro atoms. The average Bonchev–Trinajstić information content (AvgIpc) is 3.53. The number of para-hydroxylation sites is 1. The van der Waals surface area contributed by atoms with E-state index < -0.39 is 35.6 Å². The highest BCUT2D eigenvalue weighted by Gasteiger charge is 2.75. The van der Waals surface area contributed by atoms with Gasteiger partial charge in [0.15, 0.2) is 0 Å². The summed E-state index contributed by atoms with van der Waals surface area (Å²) in [6.07, 6.45) is 6.34. The number of anilines is 1. The molecule has 3 fully saturated rings. The lowest BCUT2D eigenvalue weighted by atomic mass is 9.70. The van der Waals surface area contributed by atoms with Crippen LogP contribution in [0.3, 0.4) is 0 Å². The SMILES string of the molecule is C=CCCCOC(=O)[C@@H]1[C@@H]2CCC3(O2)C(C(=O)N(CC=C)c2ccccc2Cl)N(CCCCO)C(=O)[C@H]13. The summed E-state index contributed by atoms with van der Waals surface area (Å²) in [5.41, 5.74) is -0.605. The fourth-order valence-corrected chi connectivity index (χ4v) is 6.32. The third-order valence-electron chi connectivity index (χ3n) is 7.63. The third kappa shape index (κ3) is 4.94. The number of unbranched alkanes of at least 4 members (excludes halogenated alkanes) is 2. The van der Waals surface area contributed by atoms with Gasteiger partial charge >= 0.3 is 5.97 Å². The molecule has 4 rings (SSSR count). The standard InChI is InChI=1S/C28H35ClN2O6/c1-3-5-10-18-36-27(35)22-21-13-14-28(37-21)23(22)25(33)31(16-8-9-17-32)24(28)26(34)30(15-4-2)20-12-7-6-11-19(20)29/h3-4,6-7,11-12,21-24,32H,1-2,5,8-10,13-18H2/t21-,22+,23-,24?,28?/m0/s1. The first kappa shape index (κ1) is 27.4. The van der Waals surface area contributed by atoms with E-state index in [-0.39, 0.29) is 38.1 Å². The van der Waals surface area contributed by atoms with Gasteiger partial charge in [0.05, 0.1) is 35.3 Å². The molecule has 8 nitrogen and oxygen atoms in total. The van der Waals surface area contributed by atoms with E-state index in [4.69, 9.17) is 21.1 Å². The lowest BCUT2D eigenvalue weighted by Gasteiger charge is -2.37. The molecule has 3 aliphatic heterocycles. The Labute approximate surface area is 222 Å². The molecule has 3 saturated heterocycles. The number of likely N-dealkylation sites (tertiary alicyclic amines) is 1. The Bertz CT molecular complexity index is 1050. The monoisotopic (exact) mass is 530 g/mol. The minimum atomic E-state index is -1.12. The number of ether oxygens (including phenoxy) is 2. The zero-order valence-corrected chi connectivity index (χ0v) is 21.8. The maximum absolute atomic E-state index is 14.3. The number of aliphatic hydroxyl groups is 1. The molecule has 9 heteroatoms. The van der Waals surface area contributed by atoms with Crippen LogP contribution in [0, 0.1) is 11.8 Å². The molecule has 2 unspecified atom stereocenters. The van der Waals surface area contributed by atoms with Crippen LogP contribution in [0.15, 0.2) is 49.6 Å². The molecule has 1 aromatic carbocycles. The largest absolute Gasteiger partial charge is 0.465 e. The van der Waals surface area contributed by atoms with Crippen molar-refractivity contribution >= 4 is 35.1 Å². The van der Waals surface area contributed by atoms with Crippen molar-refractivity contribution in [2.75, 3.05) is 31.2 Å². The fraction of sp³-hybridized carbons (Fsp3) is 0.536. The fourth-order valence-electron chi connectivity index (χ4n) is 6.09. The molecule has 1 aromatic rings. The summed E-state index contributed by atoms with van der Waals surface area (Å²) in [5.74, 6) is -2.60. The number of nitrogens with zero attached hydrogens (tertiary/aromatic N) is 2. The number of carbonyl (C=O) groups excluding carboxylic acids is 3. The predicted molar refractivity (Wildman–Crippen MR) is 140 cm³/mol. The van der Waals surface area contributed by atoms with Crippen molar-refractivity contribution in [1.29, 1.82) is 0 Å². The van der Waals surface area contributed by atoms with Gasteiger partial charge in [-0.15, -0.1) is 13.2 Å². The number of rotatable bonds is 13. The zero-order valence-electron chi connectivity index (χ0n) is 21.0. The van der Waals surface area contributed by atoms with Crippen LogP contribution < -0.4 is 4.90 Å². The molecule has 200 valence electrons. The third-order valence-corrected chi connectivity index (χ3v) is 7.95. The van der Waals surface area contributed by atoms with Gasteiger partial charge in [0, 0.05) is 19.7 Å². The number of hydrogen-bond donors (Lipinski definition) is 1. The topological polar surface area (TPSA) is 96.4 Å². The van der Waals surface area contributed by atoms with Gasteiger partial charge < -0.3 is 24.4 Å². The second-order valence-corrected chi connectivity index (χ2v) is 10.2. The van der Waals surface area contributed by atoms with Crippen molar-refractivity contribution < 1.29 is 29.0 Å². The van der Waals surface area contributed by atoms with E-state index in [1.54, 1.807) is 41.3 Å². The molecular formula is C28H35ClN2O6. The number of benzene rings is 1. The van der Waals surface area contributed by atoms with Crippen LogP contribution in [0.4, 0.5) is 5.69 Å². The summed E-state index contributed by atoms with van der Waals surface area (Å²) in [6.45, 7) is 8.17. The van der Waals surface area contributed by atoms with Crippen molar-refractivity contribution in [3.8, 4) is 0 Å². The highest BCUT2D eigenvalue weighted by molar-refractivity contribution is 6.34. The van der Waals surface area contributed by atoms with Gasteiger partial charge in [0.2, 0.25) is 5.91 Å². The van der Waals surface area contributed by atoms with E-state index in [1.807, 2.05) is 0 Å². The Morgan fingerprint density at radius 1 is 1.24 bits per heavy atom. The van der Waals surface area contributed by atoms with Crippen LogP contribution in [0.25, 0.3) is 0 Å². The van der Waals surface area contributed by atoms with E-state index in [9.17, 15) is 19.5 Å². The molecule has 0 saturated carbocycles. The number of amides is 2. The van der Waals surface area contributed by atoms with Gasteiger partial charge in [-0.1, -0.05) is 35.9 Å². The highest BCUT2D eigenvalue weighted by atomic mass is 35.5. The molecule has 0 radical (unpaired) electrons. The number of halogens is 1. The summed E-state index contributed by atoms with van der Waals surface area (Å²) < 4.78 is 12.0. The minimum absolute atomic E-state index is 0.0182. The summed E-state index contributed by atoms with van der Waals surface area (Å²) in [4.78, 5) is 44.4. The van der Waals surface area contributed by atoms with Gasteiger partial charge in [-0.2, -0.15) is 0 Å². The van der Waals surface area contributed by atoms with E-state index in [2.05, 4.69) is 13.2 Å². The normalized spacial score (nSPS) is 27.7. The average molecular weight is 531 g/mol. The maximum Gasteiger partial charge on any atom is 0.312 e. The smallest absolute Gasteiger partial charge is 0.312 e. The quantitative estimate of drug-likeness (QED) is 0.238. The van der Waals surface area contributed by atoms with Crippen molar-refractivity contribution in [1.82, 2.24) is 4.90 Å². The van der Waals surface area contributed by atoms with Crippen LogP contribution in [0.1, 0.15) is 38.5 Å². The van der Waals surface area contributed by atoms with Gasteiger partial charge in [-0.05, 0) is 50.7 Å². The summed E-state index contributed by atoms with van der Waals surface area (Å²) in [6, 6.07) is 6.10. The van der Waals surface area contributed by atoms with Crippen LogP contribution in [-0.2, 0) is 23.9 Å². The van der Waals surface area contributed by atoms with Gasteiger partial charge in [-0.3, -0.25) is 14.4 Å². The van der Waals surface area contributed by atoms with Crippen LogP contribution in [-0.4, -0.2) is 71.8 Å². The lowest BCUT2D eigenvalue weighted by Crippen LogP contribution is -2.56. The number of fused-ring (bicyclic) bond motifs is 1. The molecule has 2 bridgehead atoms. The predicted octanol–water partition coefficient (Wildman–Crippen LogP) is 3.52. The molecule has 5 atom stereocenters. The Morgan fingerprint density at radius 2 is 2.03 bits per heavy atom. The van der Waals surface area contributed by atoms with Crippen LogP contribution in [0.2, 0.25) is 5.02 Å². The second-order valence-electron chi connectivity index (χ2n) is 9.81. The number of hydrogen-bond acceptors (Lipinski definition) is 6. The number of allylic oxidation sites excluding steroid dienone is 1. The maximum atomic E-state index is 14.3. The van der Waals surface area contributed by atoms with Gasteiger partial charge in [0.25, 0.3) is 5.91 Å². The Hall–Kier alpha value is -2.68. The van der Waals surface area contributed by atoms with Crippen molar-refractivity contribution in [2.45, 2.75) is 56.3 Å². The van der Waals surface area contributed by atoms with Crippen molar-refractivity contribution in [3.05, 3.63) is 54.6 Å². The Balaban J connectivity index is 1.69. The van der Waals surface area contributed by atoms with E-state index in [1.165, 1.54) is 4.90 Å². The second kappa shape index (κ2) is 11.8. The molecule has 2 amide bonds. The summed E-state index contributed by atoms with van der Waals surface area (Å²) in [5, 5.41) is 9.73. The molecule has 0 aliphatic carbocycles. The van der Waals surface area contributed by atoms with E-state index >= 15 is 0 Å². The molecule has 3 aliphatic rings. The van der Waals surface area contributed by atoms with Gasteiger partial charge in [0.1, 0.15) is 11.6 Å². The summed E-state index contributed by atoms with van der Waals surface area (Å²) >= 11 is 6.46. The first-order chi connectivity index (χ1) is 17.9. The van der Waals surface area contributed by atoms with E-state index in [0.29, 0.717) is 42.8 Å².